The summed E-state index contributed by atoms with van der Waals surface area (Å²) in [6.45, 7) is 5.96. The van der Waals surface area contributed by atoms with Crippen molar-refractivity contribution in [1.82, 2.24) is 10.2 Å². The summed E-state index contributed by atoms with van der Waals surface area (Å²) in [6, 6.07) is 16.2. The van der Waals surface area contributed by atoms with E-state index in [1.165, 1.54) is 4.90 Å². The van der Waals surface area contributed by atoms with Crippen molar-refractivity contribution in [2.24, 2.45) is 0 Å². The van der Waals surface area contributed by atoms with E-state index < -0.39 is 23.1 Å². The molecule has 1 atom stereocenters. The molecule has 7 nitrogen and oxygen atoms in total. The van der Waals surface area contributed by atoms with Crippen LogP contribution in [0.4, 0.5) is 4.79 Å². The van der Waals surface area contributed by atoms with E-state index >= 15 is 0 Å². The second-order valence-corrected chi connectivity index (χ2v) is 9.49. The summed E-state index contributed by atoms with van der Waals surface area (Å²) in [5.74, 6) is -1.43. The van der Waals surface area contributed by atoms with E-state index in [1.54, 1.807) is 6.92 Å². The first-order valence-corrected chi connectivity index (χ1v) is 12.5. The van der Waals surface area contributed by atoms with Crippen LogP contribution in [0.5, 0.6) is 0 Å². The molecule has 2 amide bonds. The second-order valence-electron chi connectivity index (χ2n) is 9.49. The van der Waals surface area contributed by atoms with Gasteiger partial charge in [0.25, 0.3) is 0 Å². The number of carbonyl (C=O) groups is 3. The molecule has 1 unspecified atom stereocenters. The number of amides is 2. The van der Waals surface area contributed by atoms with E-state index in [0.29, 0.717) is 38.6 Å². The molecular weight excluding hydrogens is 444 g/mol. The third-order valence-corrected chi connectivity index (χ3v) is 8.02. The largest absolute Gasteiger partial charge is 0.479 e. The third-order valence-electron chi connectivity index (χ3n) is 8.02. The Balaban J connectivity index is 1.51. The molecule has 0 bridgehead atoms. The van der Waals surface area contributed by atoms with E-state index in [9.17, 15) is 19.5 Å². The maximum Gasteiger partial charge on any atom is 0.408 e. The fourth-order valence-electron chi connectivity index (χ4n) is 5.79. The van der Waals surface area contributed by atoms with Gasteiger partial charge in [0, 0.05) is 12.5 Å². The van der Waals surface area contributed by atoms with Crippen molar-refractivity contribution in [3.8, 4) is 11.1 Å². The average Bonchev–Trinajstić information content (AvgIpc) is 3.46. The van der Waals surface area contributed by atoms with Gasteiger partial charge < -0.3 is 20.1 Å². The number of rotatable bonds is 8. The van der Waals surface area contributed by atoms with Crippen molar-refractivity contribution in [3.63, 3.8) is 0 Å². The molecule has 2 aromatic carbocycles. The minimum atomic E-state index is -1.23. The normalized spacial score (nSPS) is 19.2. The molecule has 7 heteroatoms. The van der Waals surface area contributed by atoms with Crippen LogP contribution in [0.1, 0.15) is 69.9 Å². The molecule has 1 aliphatic carbocycles. The van der Waals surface area contributed by atoms with Crippen LogP contribution in [0.2, 0.25) is 0 Å². The van der Waals surface area contributed by atoms with Gasteiger partial charge in [0.15, 0.2) is 0 Å². The molecule has 1 heterocycles. The number of nitrogens with zero attached hydrogens (tertiary/aromatic N) is 1. The lowest BCUT2D eigenvalue weighted by molar-refractivity contribution is -0.159. The molecule has 4 rings (SSSR count). The Morgan fingerprint density at radius 2 is 1.60 bits per heavy atom. The minimum absolute atomic E-state index is 0.0835. The zero-order valence-electron chi connectivity index (χ0n) is 20.7. The van der Waals surface area contributed by atoms with Crippen molar-refractivity contribution in [3.05, 3.63) is 59.7 Å². The van der Waals surface area contributed by atoms with Gasteiger partial charge in [-0.1, -0.05) is 69.3 Å². The molecular formula is C28H34N2O5. The lowest BCUT2D eigenvalue weighted by Crippen LogP contribution is -2.64. The van der Waals surface area contributed by atoms with Gasteiger partial charge in [-0.15, -0.1) is 0 Å². The Bertz CT molecular complexity index is 1080. The standard InChI is InChI=1S/C28H34N2O5/c1-4-27(5-2,24(31)30-17-11-16-28(30,6-3)25(32)33)29-26(34)35-18-23-21-14-9-7-12-19(21)20-13-8-10-15-22(20)23/h7-10,12-15,23H,4-6,11,16-18H2,1-3H3,(H,29,34)(H,32,33). The number of alkyl carbamates (subject to hydrolysis) is 1. The number of fused-ring (bicyclic) bond motifs is 3. The summed E-state index contributed by atoms with van der Waals surface area (Å²) in [4.78, 5) is 40.3. The first-order chi connectivity index (χ1) is 16.8. The summed E-state index contributed by atoms with van der Waals surface area (Å²) in [7, 11) is 0. The van der Waals surface area contributed by atoms with Gasteiger partial charge in [-0.05, 0) is 54.4 Å². The van der Waals surface area contributed by atoms with Crippen LogP contribution in [0.25, 0.3) is 11.1 Å². The molecule has 0 aromatic heterocycles. The first kappa shape index (κ1) is 24.8. The fourth-order valence-corrected chi connectivity index (χ4v) is 5.79. The number of nitrogens with one attached hydrogen (secondary N) is 1. The minimum Gasteiger partial charge on any atom is -0.479 e. The SMILES string of the molecule is CCC(CC)(NC(=O)OCC1c2ccccc2-c2ccccc21)C(=O)N1CCCC1(CC)C(=O)O. The van der Waals surface area contributed by atoms with Gasteiger partial charge in [-0.2, -0.15) is 0 Å². The topological polar surface area (TPSA) is 95.9 Å². The highest BCUT2D eigenvalue weighted by atomic mass is 16.5. The number of hydrogen-bond acceptors (Lipinski definition) is 4. The van der Waals surface area contributed by atoms with Gasteiger partial charge in [0.2, 0.25) is 5.91 Å². The molecule has 1 aliphatic heterocycles. The lowest BCUT2D eigenvalue weighted by Gasteiger charge is -2.41. The Morgan fingerprint density at radius 1 is 1.03 bits per heavy atom. The van der Waals surface area contributed by atoms with Crippen molar-refractivity contribution in [2.45, 2.75) is 69.9 Å². The van der Waals surface area contributed by atoms with Crippen molar-refractivity contribution < 1.29 is 24.2 Å². The zero-order chi connectivity index (χ0) is 25.2. The summed E-state index contributed by atoms with van der Waals surface area (Å²) in [5.41, 5.74) is 2.06. The van der Waals surface area contributed by atoms with Gasteiger partial charge in [0.05, 0.1) is 0 Å². The quantitative estimate of drug-likeness (QED) is 0.560. The fraction of sp³-hybridized carbons (Fsp3) is 0.464. The number of benzene rings is 2. The number of likely N-dealkylation sites (tertiary alicyclic amines) is 1. The Morgan fingerprint density at radius 3 is 2.11 bits per heavy atom. The van der Waals surface area contributed by atoms with Gasteiger partial charge in [0.1, 0.15) is 17.7 Å². The van der Waals surface area contributed by atoms with Crippen LogP contribution in [-0.2, 0) is 14.3 Å². The number of ether oxygens (including phenoxy) is 1. The summed E-state index contributed by atoms with van der Waals surface area (Å²) in [6.07, 6.45) is 1.37. The molecule has 0 radical (unpaired) electrons. The molecule has 2 aliphatic rings. The maximum absolute atomic E-state index is 13.7. The van der Waals surface area contributed by atoms with Crippen LogP contribution in [0.3, 0.4) is 0 Å². The van der Waals surface area contributed by atoms with Gasteiger partial charge in [-0.3, -0.25) is 4.79 Å². The summed E-state index contributed by atoms with van der Waals surface area (Å²) < 4.78 is 5.70. The summed E-state index contributed by atoms with van der Waals surface area (Å²) >= 11 is 0. The summed E-state index contributed by atoms with van der Waals surface area (Å²) in [5, 5.41) is 12.8. The highest BCUT2D eigenvalue weighted by Crippen LogP contribution is 2.44. The van der Waals surface area contributed by atoms with Crippen LogP contribution in [0, 0.1) is 0 Å². The first-order valence-electron chi connectivity index (χ1n) is 12.5. The Kier molecular flexibility index (Phi) is 6.88. The van der Waals surface area contributed by atoms with Gasteiger partial charge in [-0.25, -0.2) is 9.59 Å². The highest BCUT2D eigenvalue weighted by Gasteiger charge is 2.53. The van der Waals surface area contributed by atoms with Crippen molar-refractivity contribution >= 4 is 18.0 Å². The average molecular weight is 479 g/mol. The van der Waals surface area contributed by atoms with Crippen LogP contribution < -0.4 is 5.32 Å². The van der Waals surface area contributed by atoms with Crippen LogP contribution in [-0.4, -0.2) is 52.2 Å². The number of aliphatic carboxylic acids is 1. The molecule has 35 heavy (non-hydrogen) atoms. The number of hydrogen-bond donors (Lipinski definition) is 2. The second kappa shape index (κ2) is 9.72. The monoisotopic (exact) mass is 478 g/mol. The van der Waals surface area contributed by atoms with Crippen LogP contribution in [0.15, 0.2) is 48.5 Å². The predicted octanol–water partition coefficient (Wildman–Crippen LogP) is 4.94. The van der Waals surface area contributed by atoms with Crippen LogP contribution >= 0.6 is 0 Å². The number of carboxylic acids is 1. The Hall–Kier alpha value is -3.35. The smallest absolute Gasteiger partial charge is 0.408 e. The van der Waals surface area contributed by atoms with E-state index in [1.807, 2.05) is 38.1 Å². The van der Waals surface area contributed by atoms with E-state index in [0.717, 1.165) is 22.3 Å². The number of carboxylic acid groups (broad SMARTS) is 1. The molecule has 1 saturated heterocycles. The zero-order valence-corrected chi connectivity index (χ0v) is 20.7. The third kappa shape index (κ3) is 4.07. The molecule has 0 spiro atoms. The maximum atomic E-state index is 13.7. The molecule has 0 saturated carbocycles. The Labute approximate surface area is 206 Å². The highest BCUT2D eigenvalue weighted by molar-refractivity contribution is 5.95. The number of carbonyl (C=O) groups excluding carboxylic acids is 2. The lowest BCUT2D eigenvalue weighted by atomic mass is 9.87. The van der Waals surface area contributed by atoms with E-state index in [4.69, 9.17) is 4.74 Å². The van der Waals surface area contributed by atoms with Crippen molar-refractivity contribution in [2.75, 3.05) is 13.2 Å². The van der Waals surface area contributed by atoms with Gasteiger partial charge >= 0.3 is 12.1 Å². The molecule has 1 fully saturated rings. The van der Waals surface area contributed by atoms with E-state index in [2.05, 4.69) is 29.6 Å². The molecule has 2 N–H and O–H groups in total. The van der Waals surface area contributed by atoms with Crippen molar-refractivity contribution in [1.29, 1.82) is 0 Å². The molecule has 2 aromatic rings. The molecule has 186 valence electrons. The predicted molar refractivity (Wildman–Crippen MR) is 133 cm³/mol. The van der Waals surface area contributed by atoms with E-state index in [-0.39, 0.29) is 18.4 Å².